The van der Waals surface area contributed by atoms with E-state index < -0.39 is 0 Å². The van der Waals surface area contributed by atoms with E-state index in [0.29, 0.717) is 13.1 Å². The van der Waals surface area contributed by atoms with Crippen molar-refractivity contribution in [2.75, 3.05) is 39.8 Å². The third kappa shape index (κ3) is 4.37. The normalized spacial score (nSPS) is 15.6. The first kappa shape index (κ1) is 15.2. The van der Waals surface area contributed by atoms with Crippen LogP contribution in [0.4, 0.5) is 0 Å². The summed E-state index contributed by atoms with van der Waals surface area (Å²) in [5.74, 6) is 0.0339. The summed E-state index contributed by atoms with van der Waals surface area (Å²) in [6.07, 6.45) is 0.942. The van der Waals surface area contributed by atoms with Gasteiger partial charge in [-0.25, -0.2) is 0 Å². The average Bonchev–Trinajstić information content (AvgIpc) is 2.21. The van der Waals surface area contributed by atoms with Crippen molar-refractivity contribution < 1.29 is 9.59 Å². The predicted octanol–water partition coefficient (Wildman–Crippen LogP) is -0.292. The molecule has 0 aliphatic carbocycles. The van der Waals surface area contributed by atoms with Gasteiger partial charge in [0.15, 0.2) is 0 Å². The monoisotopic (exact) mass is 249 g/mol. The Morgan fingerprint density at radius 1 is 1.56 bits per heavy atom. The van der Waals surface area contributed by atoms with Crippen LogP contribution in [0.1, 0.15) is 13.3 Å². The SMILES string of the molecule is CCCN(C)C(=O)CN1CCNCC1=O.Cl. The molecule has 0 radical (unpaired) electrons. The predicted molar refractivity (Wildman–Crippen MR) is 64.6 cm³/mol. The molecule has 1 aliphatic rings. The molecule has 0 bridgehead atoms. The molecule has 0 unspecified atom stereocenters. The Hall–Kier alpha value is -0.810. The van der Waals surface area contributed by atoms with Gasteiger partial charge in [0.2, 0.25) is 11.8 Å². The zero-order valence-corrected chi connectivity index (χ0v) is 10.7. The molecule has 6 heteroatoms. The summed E-state index contributed by atoms with van der Waals surface area (Å²) in [7, 11) is 1.78. The lowest BCUT2D eigenvalue weighted by molar-refractivity contribution is -0.140. The van der Waals surface area contributed by atoms with Crippen LogP contribution in [-0.2, 0) is 9.59 Å². The van der Waals surface area contributed by atoms with Gasteiger partial charge in [0.25, 0.3) is 0 Å². The van der Waals surface area contributed by atoms with E-state index in [2.05, 4.69) is 5.32 Å². The lowest BCUT2D eigenvalue weighted by Gasteiger charge is -2.28. The van der Waals surface area contributed by atoms with E-state index in [0.717, 1.165) is 19.5 Å². The largest absolute Gasteiger partial charge is 0.344 e. The van der Waals surface area contributed by atoms with Gasteiger partial charge in [0.1, 0.15) is 0 Å². The van der Waals surface area contributed by atoms with E-state index in [1.807, 2.05) is 6.92 Å². The van der Waals surface area contributed by atoms with Gasteiger partial charge >= 0.3 is 0 Å². The minimum Gasteiger partial charge on any atom is -0.344 e. The molecular weight excluding hydrogens is 230 g/mol. The molecule has 5 nitrogen and oxygen atoms in total. The molecule has 1 heterocycles. The summed E-state index contributed by atoms with van der Waals surface area (Å²) in [5.41, 5.74) is 0. The van der Waals surface area contributed by atoms with Gasteiger partial charge in [-0.1, -0.05) is 6.92 Å². The first-order valence-electron chi connectivity index (χ1n) is 5.37. The van der Waals surface area contributed by atoms with Crippen molar-refractivity contribution in [3.05, 3.63) is 0 Å². The highest BCUT2D eigenvalue weighted by Gasteiger charge is 2.21. The van der Waals surface area contributed by atoms with Gasteiger partial charge in [-0.15, -0.1) is 12.4 Å². The second-order valence-electron chi connectivity index (χ2n) is 3.81. The van der Waals surface area contributed by atoms with Crippen LogP contribution in [0.5, 0.6) is 0 Å². The van der Waals surface area contributed by atoms with Crippen LogP contribution in [0, 0.1) is 0 Å². The first-order chi connectivity index (χ1) is 7.15. The molecule has 0 atom stereocenters. The van der Waals surface area contributed by atoms with Crippen molar-refractivity contribution in [1.82, 2.24) is 15.1 Å². The first-order valence-corrected chi connectivity index (χ1v) is 5.37. The third-order valence-electron chi connectivity index (χ3n) is 2.50. The van der Waals surface area contributed by atoms with Crippen LogP contribution in [0.15, 0.2) is 0 Å². The topological polar surface area (TPSA) is 52.7 Å². The molecule has 1 N–H and O–H groups in total. The van der Waals surface area contributed by atoms with E-state index in [-0.39, 0.29) is 30.8 Å². The molecule has 2 amide bonds. The molecular formula is C10H20ClN3O2. The Morgan fingerprint density at radius 3 is 2.81 bits per heavy atom. The number of hydrogen-bond donors (Lipinski definition) is 1. The fourth-order valence-corrected chi connectivity index (χ4v) is 1.56. The Morgan fingerprint density at radius 2 is 2.25 bits per heavy atom. The Kier molecular flexibility index (Phi) is 7.08. The summed E-state index contributed by atoms with van der Waals surface area (Å²) >= 11 is 0. The standard InChI is InChI=1S/C10H19N3O2.ClH/c1-3-5-12(2)10(15)8-13-6-4-11-7-9(13)14;/h11H,3-8H2,1-2H3;1H. The van der Waals surface area contributed by atoms with Crippen molar-refractivity contribution in [1.29, 1.82) is 0 Å². The molecule has 1 aliphatic heterocycles. The number of carbonyl (C=O) groups is 2. The third-order valence-corrected chi connectivity index (χ3v) is 2.50. The highest BCUT2D eigenvalue weighted by atomic mass is 35.5. The van der Waals surface area contributed by atoms with E-state index in [1.54, 1.807) is 16.8 Å². The van der Waals surface area contributed by atoms with E-state index in [9.17, 15) is 9.59 Å². The minimum atomic E-state index is 0. The number of nitrogens with one attached hydrogen (secondary N) is 1. The second-order valence-corrected chi connectivity index (χ2v) is 3.81. The Balaban J connectivity index is 0.00000225. The fraction of sp³-hybridized carbons (Fsp3) is 0.800. The van der Waals surface area contributed by atoms with Gasteiger partial charge in [-0.05, 0) is 6.42 Å². The summed E-state index contributed by atoms with van der Waals surface area (Å²) in [6.45, 7) is 4.75. The number of likely N-dealkylation sites (N-methyl/N-ethyl adjacent to an activating group) is 1. The molecule has 1 rings (SSSR count). The van der Waals surface area contributed by atoms with E-state index >= 15 is 0 Å². The molecule has 94 valence electrons. The molecule has 0 aromatic rings. The number of piperazine rings is 1. The lowest BCUT2D eigenvalue weighted by Crippen LogP contribution is -2.51. The van der Waals surface area contributed by atoms with Gasteiger partial charge in [0.05, 0.1) is 13.1 Å². The van der Waals surface area contributed by atoms with Gasteiger partial charge in [-0.3, -0.25) is 9.59 Å². The smallest absolute Gasteiger partial charge is 0.241 e. The number of halogens is 1. The Bertz CT molecular complexity index is 248. The molecule has 16 heavy (non-hydrogen) atoms. The zero-order chi connectivity index (χ0) is 11.3. The fourth-order valence-electron chi connectivity index (χ4n) is 1.56. The highest BCUT2D eigenvalue weighted by molar-refractivity contribution is 5.86. The van der Waals surface area contributed by atoms with Crippen LogP contribution < -0.4 is 5.32 Å². The average molecular weight is 250 g/mol. The summed E-state index contributed by atoms with van der Waals surface area (Å²) in [4.78, 5) is 26.4. The summed E-state index contributed by atoms with van der Waals surface area (Å²) in [5, 5.41) is 2.98. The van der Waals surface area contributed by atoms with Crippen molar-refractivity contribution in [2.45, 2.75) is 13.3 Å². The maximum absolute atomic E-state index is 11.7. The zero-order valence-electron chi connectivity index (χ0n) is 9.86. The Labute approximate surface area is 103 Å². The minimum absolute atomic E-state index is 0. The van der Waals surface area contributed by atoms with Gasteiger partial charge in [0, 0.05) is 26.7 Å². The maximum atomic E-state index is 11.7. The van der Waals surface area contributed by atoms with Crippen LogP contribution in [0.2, 0.25) is 0 Å². The number of amides is 2. The van der Waals surface area contributed by atoms with Crippen LogP contribution >= 0.6 is 12.4 Å². The molecule has 0 aromatic heterocycles. The molecule has 1 fully saturated rings. The summed E-state index contributed by atoms with van der Waals surface area (Å²) < 4.78 is 0. The second kappa shape index (κ2) is 7.46. The van der Waals surface area contributed by atoms with Crippen molar-refractivity contribution in [3.8, 4) is 0 Å². The quantitative estimate of drug-likeness (QED) is 0.745. The van der Waals surface area contributed by atoms with Crippen LogP contribution in [0.25, 0.3) is 0 Å². The van der Waals surface area contributed by atoms with E-state index in [1.165, 1.54) is 0 Å². The summed E-state index contributed by atoms with van der Waals surface area (Å²) in [6, 6.07) is 0. The van der Waals surface area contributed by atoms with Gasteiger partial charge < -0.3 is 15.1 Å². The number of carbonyl (C=O) groups excluding carboxylic acids is 2. The maximum Gasteiger partial charge on any atom is 0.241 e. The van der Waals surface area contributed by atoms with Crippen LogP contribution in [-0.4, -0.2) is 61.4 Å². The van der Waals surface area contributed by atoms with Crippen molar-refractivity contribution >= 4 is 24.2 Å². The van der Waals surface area contributed by atoms with Gasteiger partial charge in [-0.2, -0.15) is 0 Å². The molecule has 0 spiro atoms. The number of nitrogens with zero attached hydrogens (tertiary/aromatic N) is 2. The highest BCUT2D eigenvalue weighted by Crippen LogP contribution is 1.97. The lowest BCUT2D eigenvalue weighted by atomic mass is 10.3. The van der Waals surface area contributed by atoms with E-state index in [4.69, 9.17) is 0 Å². The number of rotatable bonds is 4. The molecule has 0 aromatic carbocycles. The molecule has 1 saturated heterocycles. The van der Waals surface area contributed by atoms with Crippen molar-refractivity contribution in [3.63, 3.8) is 0 Å². The molecule has 0 saturated carbocycles. The number of hydrogen-bond acceptors (Lipinski definition) is 3. The van der Waals surface area contributed by atoms with Crippen molar-refractivity contribution in [2.24, 2.45) is 0 Å². The van der Waals surface area contributed by atoms with Crippen LogP contribution in [0.3, 0.4) is 0 Å².